The molecule has 0 aliphatic carbocycles. The summed E-state index contributed by atoms with van der Waals surface area (Å²) < 4.78 is 2.25. The molecule has 1 atom stereocenters. The summed E-state index contributed by atoms with van der Waals surface area (Å²) in [6.45, 7) is 4.93. The second-order valence-corrected chi connectivity index (χ2v) is 7.83. The van der Waals surface area contributed by atoms with Crippen molar-refractivity contribution in [3.05, 3.63) is 84.2 Å². The maximum atomic E-state index is 4.95. The van der Waals surface area contributed by atoms with E-state index in [9.17, 15) is 0 Å². The maximum Gasteiger partial charge on any atom is 0.129 e. The summed E-state index contributed by atoms with van der Waals surface area (Å²) in [6.07, 6.45) is 8.13. The molecule has 1 saturated heterocycles. The number of anilines is 1. The molecule has 29 heavy (non-hydrogen) atoms. The average molecular weight is 383 g/mol. The molecule has 5 rings (SSSR count). The lowest BCUT2D eigenvalue weighted by Crippen LogP contribution is -2.36. The molecule has 146 valence electrons. The molecule has 0 radical (unpaired) electrons. The van der Waals surface area contributed by atoms with E-state index >= 15 is 0 Å². The minimum absolute atomic E-state index is 0.399. The third-order valence-corrected chi connectivity index (χ3v) is 5.83. The molecule has 0 spiro atoms. The Labute approximate surface area is 171 Å². The second kappa shape index (κ2) is 7.66. The topological polar surface area (TPSA) is 46.8 Å². The molecule has 3 aromatic heterocycles. The second-order valence-electron chi connectivity index (χ2n) is 7.83. The van der Waals surface area contributed by atoms with Gasteiger partial charge in [0.1, 0.15) is 11.6 Å². The van der Waals surface area contributed by atoms with Gasteiger partial charge in [-0.15, -0.1) is 0 Å². The molecule has 0 N–H and O–H groups in total. The predicted octanol–water partition coefficient (Wildman–Crippen LogP) is 4.57. The van der Waals surface area contributed by atoms with Crippen LogP contribution in [0.2, 0.25) is 0 Å². The Bertz CT molecular complexity index is 1120. The molecule has 4 heterocycles. The van der Waals surface area contributed by atoms with Gasteiger partial charge in [-0.3, -0.25) is 4.98 Å². The van der Waals surface area contributed by atoms with Gasteiger partial charge in [0.25, 0.3) is 0 Å². The number of nitrogens with zero attached hydrogens (tertiary/aromatic N) is 5. The van der Waals surface area contributed by atoms with Crippen molar-refractivity contribution in [1.82, 2.24) is 19.5 Å². The Balaban J connectivity index is 1.40. The van der Waals surface area contributed by atoms with Crippen molar-refractivity contribution < 1.29 is 0 Å². The number of fused-ring (bicyclic) bond motifs is 1. The summed E-state index contributed by atoms with van der Waals surface area (Å²) in [5.74, 6) is 2.63. The molecular weight excluding hydrogens is 358 g/mol. The van der Waals surface area contributed by atoms with Crippen LogP contribution < -0.4 is 4.90 Å². The first-order valence-electron chi connectivity index (χ1n) is 10.3. The highest BCUT2D eigenvalue weighted by Crippen LogP contribution is 2.30. The zero-order valence-electron chi connectivity index (χ0n) is 16.7. The van der Waals surface area contributed by atoms with Crippen LogP contribution in [0.15, 0.2) is 67.1 Å². The van der Waals surface area contributed by atoms with E-state index in [-0.39, 0.29) is 0 Å². The van der Waals surface area contributed by atoms with Gasteiger partial charge in [0, 0.05) is 43.0 Å². The fraction of sp³-hybridized carbons (Fsp3) is 0.292. The highest BCUT2D eigenvalue weighted by Gasteiger charge is 2.26. The van der Waals surface area contributed by atoms with Crippen LogP contribution in [-0.4, -0.2) is 32.6 Å². The maximum absolute atomic E-state index is 4.95. The smallest absolute Gasteiger partial charge is 0.129 e. The molecule has 1 aliphatic heterocycles. The zero-order chi connectivity index (χ0) is 19.6. The zero-order valence-corrected chi connectivity index (χ0v) is 16.7. The first-order valence-corrected chi connectivity index (χ1v) is 10.3. The number of hydrogen-bond donors (Lipinski definition) is 0. The van der Waals surface area contributed by atoms with Crippen LogP contribution >= 0.6 is 0 Å². The van der Waals surface area contributed by atoms with E-state index in [1.165, 1.54) is 10.9 Å². The number of pyridine rings is 2. The van der Waals surface area contributed by atoms with E-state index in [4.69, 9.17) is 9.97 Å². The van der Waals surface area contributed by atoms with Crippen molar-refractivity contribution in [2.45, 2.75) is 32.2 Å². The van der Waals surface area contributed by atoms with Crippen molar-refractivity contribution in [1.29, 1.82) is 0 Å². The summed E-state index contributed by atoms with van der Waals surface area (Å²) in [4.78, 5) is 16.6. The lowest BCUT2D eigenvalue weighted by Gasteiger charge is -2.34. The van der Waals surface area contributed by atoms with Crippen LogP contribution in [0.25, 0.3) is 10.9 Å². The molecule has 1 aromatic carbocycles. The largest absolute Gasteiger partial charge is 0.356 e. The summed E-state index contributed by atoms with van der Waals surface area (Å²) in [6, 6.07) is 16.7. The molecule has 0 saturated carbocycles. The van der Waals surface area contributed by atoms with Crippen LogP contribution in [0.1, 0.15) is 35.8 Å². The van der Waals surface area contributed by atoms with E-state index in [1.807, 2.05) is 24.5 Å². The van der Waals surface area contributed by atoms with Gasteiger partial charge in [0.15, 0.2) is 0 Å². The van der Waals surface area contributed by atoms with Crippen molar-refractivity contribution in [2.75, 3.05) is 18.0 Å². The summed E-state index contributed by atoms with van der Waals surface area (Å²) in [7, 11) is 0. The summed E-state index contributed by atoms with van der Waals surface area (Å²) in [5, 5.41) is 1.23. The highest BCUT2D eigenvalue weighted by molar-refractivity contribution is 5.83. The van der Waals surface area contributed by atoms with Crippen LogP contribution in [0, 0.1) is 6.92 Å². The number of piperidine rings is 1. The quantitative estimate of drug-likeness (QED) is 0.518. The normalized spacial score (nSPS) is 17.0. The van der Waals surface area contributed by atoms with Gasteiger partial charge in [0.2, 0.25) is 0 Å². The van der Waals surface area contributed by atoms with Crippen molar-refractivity contribution in [2.24, 2.45) is 0 Å². The van der Waals surface area contributed by atoms with Gasteiger partial charge in [0.05, 0.1) is 17.8 Å². The number of rotatable bonds is 4. The first kappa shape index (κ1) is 17.9. The third kappa shape index (κ3) is 3.60. The van der Waals surface area contributed by atoms with Crippen LogP contribution in [-0.2, 0) is 6.54 Å². The number of aryl methyl sites for hydroxylation is 1. The minimum Gasteiger partial charge on any atom is -0.356 e. The molecule has 1 aliphatic rings. The Morgan fingerprint density at radius 3 is 2.83 bits per heavy atom. The fourth-order valence-electron chi connectivity index (χ4n) is 4.37. The lowest BCUT2D eigenvalue weighted by atomic mass is 9.96. The van der Waals surface area contributed by atoms with Gasteiger partial charge in [-0.25, -0.2) is 9.97 Å². The van der Waals surface area contributed by atoms with Gasteiger partial charge < -0.3 is 9.47 Å². The van der Waals surface area contributed by atoms with E-state index in [1.54, 1.807) is 0 Å². The predicted molar refractivity (Wildman–Crippen MR) is 116 cm³/mol. The standard InChI is InChI=1S/C24H25N5/c1-18-15-23(27-22-10-3-2-9-21(18)22)28-13-6-7-19(16-28)24-26-12-14-29(24)17-20-8-4-5-11-25-20/h2-5,8-12,14-15,19H,6-7,13,16-17H2,1H3. The monoisotopic (exact) mass is 383 g/mol. The molecule has 1 fully saturated rings. The van der Waals surface area contributed by atoms with Gasteiger partial charge >= 0.3 is 0 Å². The van der Waals surface area contributed by atoms with Crippen LogP contribution in [0.4, 0.5) is 5.82 Å². The summed E-state index contributed by atoms with van der Waals surface area (Å²) >= 11 is 0. The lowest BCUT2D eigenvalue weighted by molar-refractivity contribution is 0.473. The molecule has 4 aromatic rings. The van der Waals surface area contributed by atoms with Crippen LogP contribution in [0.3, 0.4) is 0 Å². The van der Waals surface area contributed by atoms with Gasteiger partial charge in [-0.1, -0.05) is 24.3 Å². The number of aromatic nitrogens is 4. The molecule has 0 amide bonds. The minimum atomic E-state index is 0.399. The molecule has 0 bridgehead atoms. The number of imidazole rings is 1. The third-order valence-electron chi connectivity index (χ3n) is 5.83. The van der Waals surface area contributed by atoms with E-state index in [0.29, 0.717) is 5.92 Å². The van der Waals surface area contributed by atoms with Gasteiger partial charge in [-0.05, 0) is 49.6 Å². The Morgan fingerprint density at radius 1 is 1.03 bits per heavy atom. The highest BCUT2D eigenvalue weighted by atomic mass is 15.2. The fourth-order valence-corrected chi connectivity index (χ4v) is 4.37. The van der Waals surface area contributed by atoms with Crippen molar-refractivity contribution in [3.8, 4) is 0 Å². The molecule has 5 heteroatoms. The number of benzene rings is 1. The van der Waals surface area contributed by atoms with Crippen molar-refractivity contribution >= 4 is 16.7 Å². The Hall–Kier alpha value is -3.21. The van der Waals surface area contributed by atoms with E-state index in [0.717, 1.165) is 55.3 Å². The SMILES string of the molecule is Cc1cc(N2CCCC(c3nccn3Cc3ccccn3)C2)nc2ccccc12. The van der Waals surface area contributed by atoms with Crippen molar-refractivity contribution in [3.63, 3.8) is 0 Å². The number of para-hydroxylation sites is 1. The number of hydrogen-bond acceptors (Lipinski definition) is 4. The van der Waals surface area contributed by atoms with Crippen LogP contribution in [0.5, 0.6) is 0 Å². The molecule has 1 unspecified atom stereocenters. The Kier molecular flexibility index (Phi) is 4.72. The van der Waals surface area contributed by atoms with E-state index in [2.05, 4.69) is 64.0 Å². The molecule has 5 nitrogen and oxygen atoms in total. The van der Waals surface area contributed by atoms with E-state index < -0.39 is 0 Å². The Morgan fingerprint density at radius 2 is 1.93 bits per heavy atom. The first-order chi connectivity index (χ1) is 14.3. The average Bonchev–Trinajstić information content (AvgIpc) is 3.23. The summed E-state index contributed by atoms with van der Waals surface area (Å²) in [5.41, 5.74) is 3.41. The molecular formula is C24H25N5. The van der Waals surface area contributed by atoms with Gasteiger partial charge in [-0.2, -0.15) is 0 Å².